The molecule has 4 saturated heterocycles. The summed E-state index contributed by atoms with van der Waals surface area (Å²) in [5.74, 6) is 0.594. The lowest BCUT2D eigenvalue weighted by molar-refractivity contribution is -0.189. The third kappa shape index (κ3) is 7.57. The minimum absolute atomic E-state index is 0.0687. The number of pyridine rings is 1. The van der Waals surface area contributed by atoms with Gasteiger partial charge >= 0.3 is 6.03 Å². The Kier molecular flexibility index (Phi) is 10.5. The number of aromatic nitrogens is 1. The molecule has 2 atom stereocenters. The zero-order valence-electron chi connectivity index (χ0n) is 29.1. The summed E-state index contributed by atoms with van der Waals surface area (Å²) in [5, 5.41) is 16.3. The molecule has 2 N–H and O–H groups in total. The Morgan fingerprint density at radius 2 is 1.69 bits per heavy atom. The molecule has 2 aromatic carbocycles. The summed E-state index contributed by atoms with van der Waals surface area (Å²) in [6, 6.07) is 19.7. The zero-order chi connectivity index (χ0) is 35.3. The molecule has 12 nitrogen and oxygen atoms in total. The van der Waals surface area contributed by atoms with E-state index in [-0.39, 0.29) is 49.7 Å². The second-order valence-corrected chi connectivity index (χ2v) is 14.0. The Morgan fingerprint density at radius 3 is 2.41 bits per heavy atom. The molecular formula is C39H48N8O4. The Morgan fingerprint density at radius 1 is 0.941 bits per heavy atom. The first-order valence-electron chi connectivity index (χ1n) is 18.2. The van der Waals surface area contributed by atoms with Crippen LogP contribution in [0, 0.1) is 0 Å². The Balaban J connectivity index is 1.18. The fourth-order valence-electron chi connectivity index (χ4n) is 8.15. The number of amides is 4. The second kappa shape index (κ2) is 15.5. The van der Waals surface area contributed by atoms with E-state index in [1.54, 1.807) is 50.2 Å². The molecule has 1 unspecified atom stereocenters. The van der Waals surface area contributed by atoms with Crippen LogP contribution in [-0.2, 0) is 29.1 Å². The Labute approximate surface area is 299 Å². The normalized spacial score (nSPS) is 22.0. The molecule has 0 bridgehead atoms. The maximum atomic E-state index is 14.6. The third-order valence-electron chi connectivity index (χ3n) is 10.7. The van der Waals surface area contributed by atoms with Gasteiger partial charge in [0.25, 0.3) is 0 Å². The monoisotopic (exact) mass is 692 g/mol. The summed E-state index contributed by atoms with van der Waals surface area (Å²) in [4.78, 5) is 55.8. The van der Waals surface area contributed by atoms with Crippen molar-refractivity contribution in [1.29, 1.82) is 0 Å². The number of piperidine rings is 1. The number of likely N-dealkylation sites (tertiary alicyclic amines) is 1. The number of carbonyl (C=O) groups excluding carboxylic acids is 3. The Hall–Kier alpha value is -4.94. The van der Waals surface area contributed by atoms with Crippen LogP contribution in [0.3, 0.4) is 0 Å². The first-order chi connectivity index (χ1) is 24.9. The quantitative estimate of drug-likeness (QED) is 0.310. The van der Waals surface area contributed by atoms with Crippen LogP contribution >= 0.6 is 0 Å². The van der Waals surface area contributed by atoms with Gasteiger partial charge in [0.05, 0.1) is 13.1 Å². The fraction of sp³-hybridized carbons (Fsp3) is 0.436. The maximum Gasteiger partial charge on any atom is 0.334 e. The molecule has 7 rings (SSSR count). The number of hydrogen-bond donors (Lipinski definition) is 2. The van der Waals surface area contributed by atoms with Gasteiger partial charge in [-0.25, -0.2) is 19.8 Å². The lowest BCUT2D eigenvalue weighted by Gasteiger charge is -2.55. The molecule has 5 heterocycles. The van der Waals surface area contributed by atoms with Crippen LogP contribution in [-0.4, -0.2) is 117 Å². The van der Waals surface area contributed by atoms with Gasteiger partial charge in [-0.1, -0.05) is 54.6 Å². The number of hydrogen-bond acceptors (Lipinski definition) is 8. The van der Waals surface area contributed by atoms with E-state index in [1.165, 1.54) is 25.9 Å². The van der Waals surface area contributed by atoms with Crippen molar-refractivity contribution in [3.8, 4) is 5.75 Å². The van der Waals surface area contributed by atoms with Crippen molar-refractivity contribution < 1.29 is 19.5 Å². The molecule has 4 fully saturated rings. The van der Waals surface area contributed by atoms with E-state index in [0.29, 0.717) is 19.1 Å². The van der Waals surface area contributed by atoms with Gasteiger partial charge in [-0.05, 0) is 68.1 Å². The standard InChI is InChI=1S/C39H48N8O4/c1-2-19-45-28-36(49)46-34(24-29-12-14-33(48)15-13-29)38(50)44(27-35(46)47(45)39(51)41-25-30-9-4-3-5-10-30)26-31-11-8-18-40-37(31)43-22-16-32(17-23-43)42-20-6-7-21-42/h2-5,8-15,18,32,34-35,48H,1,6-7,16-17,19-28H2,(H,41,51)/t34-,35?/m0/s1. The van der Waals surface area contributed by atoms with E-state index in [9.17, 15) is 19.5 Å². The minimum Gasteiger partial charge on any atom is -0.508 e. The molecule has 3 aromatic rings. The van der Waals surface area contributed by atoms with Crippen LogP contribution in [0.5, 0.6) is 5.75 Å². The van der Waals surface area contributed by atoms with Gasteiger partial charge in [0.1, 0.15) is 23.8 Å². The second-order valence-electron chi connectivity index (χ2n) is 14.0. The van der Waals surface area contributed by atoms with Gasteiger partial charge in [-0.15, -0.1) is 6.58 Å². The highest BCUT2D eigenvalue weighted by Gasteiger charge is 2.51. The van der Waals surface area contributed by atoms with Crippen LogP contribution in [0.1, 0.15) is 42.4 Å². The topological polar surface area (TPSA) is 116 Å². The van der Waals surface area contributed by atoms with Crippen molar-refractivity contribution in [2.45, 2.75) is 63.4 Å². The van der Waals surface area contributed by atoms with E-state index in [1.807, 2.05) is 48.7 Å². The van der Waals surface area contributed by atoms with Crippen LogP contribution < -0.4 is 10.2 Å². The summed E-state index contributed by atoms with van der Waals surface area (Å²) >= 11 is 0. The van der Waals surface area contributed by atoms with Crippen molar-refractivity contribution in [2.75, 3.05) is 50.7 Å². The minimum atomic E-state index is -0.854. The molecule has 51 heavy (non-hydrogen) atoms. The number of nitrogens with zero attached hydrogens (tertiary/aromatic N) is 7. The zero-order valence-corrected chi connectivity index (χ0v) is 29.1. The van der Waals surface area contributed by atoms with Crippen LogP contribution in [0.25, 0.3) is 0 Å². The maximum absolute atomic E-state index is 14.6. The number of hydrazine groups is 1. The van der Waals surface area contributed by atoms with E-state index >= 15 is 0 Å². The fourth-order valence-corrected chi connectivity index (χ4v) is 8.15. The number of fused-ring (bicyclic) bond motifs is 1. The highest BCUT2D eigenvalue weighted by Crippen LogP contribution is 2.32. The number of nitrogens with one attached hydrogen (secondary N) is 1. The number of phenolic OH excluding ortho intramolecular Hbond substituents is 1. The van der Waals surface area contributed by atoms with Crippen molar-refractivity contribution in [3.63, 3.8) is 0 Å². The molecule has 4 aliphatic heterocycles. The van der Waals surface area contributed by atoms with Gasteiger partial charge in [-0.2, -0.15) is 0 Å². The molecule has 0 radical (unpaired) electrons. The molecular weight excluding hydrogens is 644 g/mol. The first kappa shape index (κ1) is 34.5. The SMILES string of the molecule is C=CCN1CC(=O)N2C(CN(Cc3cccnc3N3CCC(N4CCCC4)CC3)C(=O)[C@@H]2Cc2ccc(O)cc2)N1C(=O)NCc1ccccc1. The molecule has 0 saturated carbocycles. The molecule has 0 spiro atoms. The lowest BCUT2D eigenvalue weighted by Crippen LogP contribution is -2.76. The lowest BCUT2D eigenvalue weighted by atomic mass is 9.98. The van der Waals surface area contributed by atoms with Crippen molar-refractivity contribution >= 4 is 23.7 Å². The molecule has 268 valence electrons. The average molecular weight is 693 g/mol. The third-order valence-corrected chi connectivity index (χ3v) is 10.7. The predicted octanol–water partition coefficient (Wildman–Crippen LogP) is 3.59. The van der Waals surface area contributed by atoms with E-state index in [0.717, 1.165) is 48.4 Å². The number of urea groups is 1. The number of phenols is 1. The Bertz CT molecular complexity index is 1690. The van der Waals surface area contributed by atoms with Crippen LogP contribution in [0.4, 0.5) is 10.6 Å². The van der Waals surface area contributed by atoms with Gasteiger partial charge in [0.2, 0.25) is 11.8 Å². The van der Waals surface area contributed by atoms with E-state index < -0.39 is 12.2 Å². The van der Waals surface area contributed by atoms with Crippen LogP contribution in [0.2, 0.25) is 0 Å². The summed E-state index contributed by atoms with van der Waals surface area (Å²) in [5.41, 5.74) is 2.69. The average Bonchev–Trinajstić information content (AvgIpc) is 3.70. The first-order valence-corrected chi connectivity index (χ1v) is 18.2. The number of anilines is 1. The summed E-state index contributed by atoms with van der Waals surface area (Å²) < 4.78 is 0. The summed E-state index contributed by atoms with van der Waals surface area (Å²) in [6.45, 7) is 9.02. The number of piperazine rings is 1. The summed E-state index contributed by atoms with van der Waals surface area (Å²) in [6.07, 6.45) is 7.70. The van der Waals surface area contributed by atoms with E-state index in [4.69, 9.17) is 4.98 Å². The largest absolute Gasteiger partial charge is 0.508 e. The smallest absolute Gasteiger partial charge is 0.334 e. The van der Waals surface area contributed by atoms with Gasteiger partial charge in [-0.3, -0.25) is 9.59 Å². The molecule has 1 aromatic heterocycles. The predicted molar refractivity (Wildman–Crippen MR) is 194 cm³/mol. The van der Waals surface area contributed by atoms with Gasteiger partial charge in [0.15, 0.2) is 0 Å². The molecule has 4 amide bonds. The van der Waals surface area contributed by atoms with Crippen molar-refractivity contribution in [1.82, 2.24) is 35.0 Å². The highest BCUT2D eigenvalue weighted by molar-refractivity contribution is 5.91. The van der Waals surface area contributed by atoms with Gasteiger partial charge < -0.3 is 30.0 Å². The van der Waals surface area contributed by atoms with Crippen molar-refractivity contribution in [3.05, 3.63) is 102 Å². The number of rotatable bonds is 10. The number of aromatic hydroxyl groups is 1. The molecule has 12 heteroatoms. The van der Waals surface area contributed by atoms with E-state index in [2.05, 4.69) is 21.7 Å². The van der Waals surface area contributed by atoms with Gasteiger partial charge in [0, 0.05) is 56.9 Å². The number of benzene rings is 2. The highest BCUT2D eigenvalue weighted by atomic mass is 16.3. The van der Waals surface area contributed by atoms with Crippen LogP contribution in [0.15, 0.2) is 85.6 Å². The van der Waals surface area contributed by atoms with Crippen molar-refractivity contribution in [2.24, 2.45) is 0 Å². The summed E-state index contributed by atoms with van der Waals surface area (Å²) in [7, 11) is 0. The molecule has 0 aliphatic carbocycles. The number of carbonyl (C=O) groups is 3. The molecule has 4 aliphatic rings.